The fourth-order valence-electron chi connectivity index (χ4n) is 1.38. The van der Waals surface area contributed by atoms with Gasteiger partial charge in [-0.25, -0.2) is 4.98 Å². The lowest BCUT2D eigenvalue weighted by Crippen LogP contribution is -2.01. The quantitative estimate of drug-likeness (QED) is 0.783. The molecule has 3 nitrogen and oxygen atoms in total. The Morgan fingerprint density at radius 2 is 2.27 bits per heavy atom. The predicted octanol–water partition coefficient (Wildman–Crippen LogP) is 2.98. The van der Waals surface area contributed by atoms with Crippen molar-refractivity contribution in [1.82, 2.24) is 9.97 Å². The molecule has 2 N–H and O–H groups in total. The van der Waals surface area contributed by atoms with Crippen molar-refractivity contribution in [3.63, 3.8) is 0 Å². The molecule has 78 valence electrons. The summed E-state index contributed by atoms with van der Waals surface area (Å²) in [4.78, 5) is 7.18. The lowest BCUT2D eigenvalue weighted by Gasteiger charge is -2.07. The summed E-state index contributed by atoms with van der Waals surface area (Å²) in [6.45, 7) is 2.72. The van der Waals surface area contributed by atoms with Crippen LogP contribution < -0.4 is 5.32 Å². The van der Waals surface area contributed by atoms with Crippen LogP contribution in [0.25, 0.3) is 0 Å². The van der Waals surface area contributed by atoms with Crippen molar-refractivity contribution >= 4 is 17.3 Å². The van der Waals surface area contributed by atoms with Crippen molar-refractivity contribution in [2.75, 3.05) is 5.32 Å². The molecule has 2 heterocycles. The molecule has 2 rings (SSSR count). The molecule has 2 aromatic rings. The number of halogens is 1. The average molecular weight is 222 g/mol. The highest BCUT2D eigenvalue weighted by Gasteiger charge is 2.00. The van der Waals surface area contributed by atoms with Gasteiger partial charge in [-0.2, -0.15) is 0 Å². The number of aromatic amines is 1. The number of pyridine rings is 1. The van der Waals surface area contributed by atoms with E-state index in [1.807, 2.05) is 31.5 Å². The van der Waals surface area contributed by atoms with Crippen LogP contribution >= 0.6 is 11.6 Å². The van der Waals surface area contributed by atoms with Gasteiger partial charge in [-0.3, -0.25) is 0 Å². The van der Waals surface area contributed by atoms with Gasteiger partial charge in [-0.05, 0) is 30.7 Å². The van der Waals surface area contributed by atoms with Crippen LogP contribution in [0.2, 0.25) is 5.15 Å². The summed E-state index contributed by atoms with van der Waals surface area (Å²) in [7, 11) is 0. The van der Waals surface area contributed by atoms with Crippen LogP contribution in [0.15, 0.2) is 30.6 Å². The van der Waals surface area contributed by atoms with Crippen LogP contribution in [0.3, 0.4) is 0 Å². The van der Waals surface area contributed by atoms with Crippen molar-refractivity contribution in [2.24, 2.45) is 0 Å². The summed E-state index contributed by atoms with van der Waals surface area (Å²) in [6, 6.07) is 5.76. The first-order chi connectivity index (χ1) is 7.25. The maximum Gasteiger partial charge on any atom is 0.129 e. The first-order valence-electron chi connectivity index (χ1n) is 4.74. The fourth-order valence-corrected chi connectivity index (χ4v) is 1.57. The van der Waals surface area contributed by atoms with Gasteiger partial charge in [0.25, 0.3) is 0 Å². The molecule has 0 saturated heterocycles. The van der Waals surface area contributed by atoms with E-state index < -0.39 is 0 Å². The second kappa shape index (κ2) is 4.36. The van der Waals surface area contributed by atoms with Crippen LogP contribution in [-0.2, 0) is 6.54 Å². The number of rotatable bonds is 3. The molecule has 0 bridgehead atoms. The van der Waals surface area contributed by atoms with Gasteiger partial charge in [-0.15, -0.1) is 0 Å². The Kier molecular flexibility index (Phi) is 2.92. The van der Waals surface area contributed by atoms with E-state index in [4.69, 9.17) is 11.6 Å². The minimum Gasteiger partial charge on any atom is -0.379 e. The number of H-pyrrole nitrogens is 1. The Balaban J connectivity index is 2.05. The van der Waals surface area contributed by atoms with Crippen LogP contribution in [0.5, 0.6) is 0 Å². The van der Waals surface area contributed by atoms with Crippen LogP contribution in [-0.4, -0.2) is 9.97 Å². The van der Waals surface area contributed by atoms with E-state index in [0.29, 0.717) is 5.15 Å². The van der Waals surface area contributed by atoms with Gasteiger partial charge in [-0.1, -0.05) is 11.6 Å². The second-order valence-corrected chi connectivity index (χ2v) is 3.73. The monoisotopic (exact) mass is 221 g/mol. The lowest BCUT2D eigenvalue weighted by atomic mass is 10.3. The predicted molar refractivity (Wildman–Crippen MR) is 62.1 cm³/mol. The molecule has 0 saturated carbocycles. The number of hydrogen-bond acceptors (Lipinski definition) is 2. The number of hydrogen-bond donors (Lipinski definition) is 2. The minimum atomic E-state index is 0.527. The smallest absolute Gasteiger partial charge is 0.129 e. The molecule has 0 fully saturated rings. The van der Waals surface area contributed by atoms with Crippen molar-refractivity contribution in [3.8, 4) is 0 Å². The van der Waals surface area contributed by atoms with E-state index in [0.717, 1.165) is 17.9 Å². The third kappa shape index (κ3) is 2.50. The highest BCUT2D eigenvalue weighted by molar-refractivity contribution is 6.29. The normalized spacial score (nSPS) is 10.3. The highest BCUT2D eigenvalue weighted by Crippen LogP contribution is 2.16. The van der Waals surface area contributed by atoms with Gasteiger partial charge in [0, 0.05) is 18.9 Å². The van der Waals surface area contributed by atoms with E-state index in [-0.39, 0.29) is 0 Å². The molecule has 0 atom stereocenters. The van der Waals surface area contributed by atoms with E-state index in [9.17, 15) is 0 Å². The van der Waals surface area contributed by atoms with Gasteiger partial charge in [0.1, 0.15) is 5.15 Å². The van der Waals surface area contributed by atoms with E-state index in [1.54, 1.807) is 6.07 Å². The van der Waals surface area contributed by atoms with Gasteiger partial charge in [0.15, 0.2) is 0 Å². The highest BCUT2D eigenvalue weighted by atomic mass is 35.5. The molecular weight excluding hydrogens is 210 g/mol. The SMILES string of the molecule is Cc1nc(Cl)ccc1NCc1cc[nH]c1. The molecule has 0 aliphatic rings. The van der Waals surface area contributed by atoms with E-state index in [1.165, 1.54) is 5.56 Å². The zero-order valence-electron chi connectivity index (χ0n) is 8.42. The maximum absolute atomic E-state index is 5.77. The Hall–Kier alpha value is -1.48. The Bertz CT molecular complexity index is 437. The largest absolute Gasteiger partial charge is 0.379 e. The van der Waals surface area contributed by atoms with Gasteiger partial charge >= 0.3 is 0 Å². The number of aryl methyl sites for hydroxylation is 1. The third-order valence-electron chi connectivity index (χ3n) is 2.20. The Morgan fingerprint density at radius 1 is 1.40 bits per heavy atom. The van der Waals surface area contributed by atoms with Crippen LogP contribution in [0, 0.1) is 6.92 Å². The van der Waals surface area contributed by atoms with Crippen molar-refractivity contribution in [3.05, 3.63) is 47.0 Å². The van der Waals surface area contributed by atoms with Crippen molar-refractivity contribution < 1.29 is 0 Å². The molecule has 0 amide bonds. The zero-order valence-corrected chi connectivity index (χ0v) is 9.17. The first-order valence-corrected chi connectivity index (χ1v) is 5.12. The summed E-state index contributed by atoms with van der Waals surface area (Å²) in [5.41, 5.74) is 3.14. The summed E-state index contributed by atoms with van der Waals surface area (Å²) in [5, 5.41) is 3.83. The lowest BCUT2D eigenvalue weighted by molar-refractivity contribution is 1.11. The van der Waals surface area contributed by atoms with E-state index in [2.05, 4.69) is 15.3 Å². The van der Waals surface area contributed by atoms with Gasteiger partial charge in [0.05, 0.1) is 11.4 Å². The maximum atomic E-state index is 5.77. The van der Waals surface area contributed by atoms with Crippen molar-refractivity contribution in [1.29, 1.82) is 0 Å². The average Bonchev–Trinajstić information content (AvgIpc) is 2.69. The Morgan fingerprint density at radius 3 is 2.93 bits per heavy atom. The Labute approximate surface area is 93.5 Å². The summed E-state index contributed by atoms with van der Waals surface area (Å²) < 4.78 is 0. The summed E-state index contributed by atoms with van der Waals surface area (Å²) in [5.74, 6) is 0. The number of nitrogens with zero attached hydrogens (tertiary/aromatic N) is 1. The van der Waals surface area contributed by atoms with Crippen LogP contribution in [0.1, 0.15) is 11.3 Å². The third-order valence-corrected chi connectivity index (χ3v) is 2.41. The summed E-state index contributed by atoms with van der Waals surface area (Å²) >= 11 is 5.77. The zero-order chi connectivity index (χ0) is 10.7. The molecule has 0 spiro atoms. The fraction of sp³-hybridized carbons (Fsp3) is 0.182. The molecule has 0 radical (unpaired) electrons. The number of anilines is 1. The molecular formula is C11H12ClN3. The topological polar surface area (TPSA) is 40.7 Å². The molecule has 0 aliphatic carbocycles. The number of aromatic nitrogens is 2. The molecule has 0 aliphatic heterocycles. The molecule has 2 aromatic heterocycles. The van der Waals surface area contributed by atoms with Crippen LogP contribution in [0.4, 0.5) is 5.69 Å². The molecule has 0 aromatic carbocycles. The minimum absolute atomic E-state index is 0.527. The standard InChI is InChI=1S/C11H12ClN3/c1-8-10(2-3-11(12)15-8)14-7-9-4-5-13-6-9/h2-6,13-14H,7H2,1H3. The second-order valence-electron chi connectivity index (χ2n) is 3.34. The molecule has 4 heteroatoms. The molecule has 0 unspecified atom stereocenters. The first kappa shape index (κ1) is 10.1. The molecule has 15 heavy (non-hydrogen) atoms. The summed E-state index contributed by atoms with van der Waals surface area (Å²) in [6.07, 6.45) is 3.87. The number of nitrogens with one attached hydrogen (secondary N) is 2. The van der Waals surface area contributed by atoms with Gasteiger partial charge < -0.3 is 10.3 Å². The van der Waals surface area contributed by atoms with E-state index >= 15 is 0 Å². The van der Waals surface area contributed by atoms with Crippen molar-refractivity contribution in [2.45, 2.75) is 13.5 Å². The van der Waals surface area contributed by atoms with Gasteiger partial charge in [0.2, 0.25) is 0 Å².